The Bertz CT molecular complexity index is 1460. The van der Waals surface area contributed by atoms with Gasteiger partial charge in [-0.3, -0.25) is 14.6 Å². The lowest BCUT2D eigenvalue weighted by Gasteiger charge is -2.52. The van der Waals surface area contributed by atoms with Gasteiger partial charge in [-0.25, -0.2) is 0 Å². The Balaban J connectivity index is 1.41. The predicted molar refractivity (Wildman–Crippen MR) is 169 cm³/mol. The van der Waals surface area contributed by atoms with Crippen molar-refractivity contribution < 1.29 is 9.53 Å². The third kappa shape index (κ3) is 5.42. The van der Waals surface area contributed by atoms with E-state index < -0.39 is 5.41 Å². The molecule has 0 spiro atoms. The molecular weight excluding hydrogens is 516 g/mol. The van der Waals surface area contributed by atoms with Crippen molar-refractivity contribution in [3.05, 3.63) is 143 Å². The predicted octanol–water partition coefficient (Wildman–Crippen LogP) is 7.39. The molecule has 2 aliphatic rings. The first-order valence-electron chi connectivity index (χ1n) is 15.3. The van der Waals surface area contributed by atoms with Crippen molar-refractivity contribution in [3.63, 3.8) is 0 Å². The number of likely N-dealkylation sites (tertiary alicyclic amines) is 1. The summed E-state index contributed by atoms with van der Waals surface area (Å²) in [5, 5.41) is 0. The SMILES string of the molecule is COC(=O)[C@@]1(C)CN(C2c3ccccc3CCc3ccccc32)CC[C@H]1N(Cc1ccccc1)[C@H](C)c1ccccc1. The molecular formula is C38H42N2O2. The Morgan fingerprint density at radius 1 is 0.857 bits per heavy atom. The van der Waals surface area contributed by atoms with Crippen molar-refractivity contribution in [2.45, 2.75) is 57.8 Å². The molecule has 6 rings (SSSR count). The van der Waals surface area contributed by atoms with Crippen LogP contribution in [0.3, 0.4) is 0 Å². The summed E-state index contributed by atoms with van der Waals surface area (Å²) in [6, 6.07) is 39.4. The molecule has 0 unspecified atom stereocenters. The number of benzene rings is 4. The average Bonchev–Trinajstić information content (AvgIpc) is 3.21. The maximum absolute atomic E-state index is 13.9. The summed E-state index contributed by atoms with van der Waals surface area (Å²) in [5.74, 6) is -0.134. The van der Waals surface area contributed by atoms with Crippen LogP contribution in [0.5, 0.6) is 0 Å². The molecule has 3 atom stereocenters. The van der Waals surface area contributed by atoms with Gasteiger partial charge in [-0.15, -0.1) is 0 Å². The highest BCUT2D eigenvalue weighted by atomic mass is 16.5. The Kier molecular flexibility index (Phi) is 8.28. The van der Waals surface area contributed by atoms with Crippen LogP contribution in [0.4, 0.5) is 0 Å². The number of hydrogen-bond donors (Lipinski definition) is 0. The average molecular weight is 559 g/mol. The van der Waals surface area contributed by atoms with Crippen molar-refractivity contribution in [2.24, 2.45) is 5.41 Å². The Morgan fingerprint density at radius 2 is 1.40 bits per heavy atom. The zero-order valence-corrected chi connectivity index (χ0v) is 25.1. The lowest BCUT2D eigenvalue weighted by Crippen LogP contribution is -2.61. The van der Waals surface area contributed by atoms with Gasteiger partial charge in [-0.2, -0.15) is 0 Å². The second kappa shape index (κ2) is 12.2. The third-order valence-electron chi connectivity index (χ3n) is 9.72. The molecule has 0 amide bonds. The minimum absolute atomic E-state index is 0.00729. The number of fused-ring (bicyclic) bond motifs is 2. The van der Waals surface area contributed by atoms with Gasteiger partial charge in [-0.05, 0) is 66.5 Å². The molecule has 42 heavy (non-hydrogen) atoms. The molecule has 0 aromatic heterocycles. The highest BCUT2D eigenvalue weighted by molar-refractivity contribution is 5.78. The van der Waals surface area contributed by atoms with Gasteiger partial charge in [0, 0.05) is 31.7 Å². The van der Waals surface area contributed by atoms with E-state index in [0.29, 0.717) is 6.54 Å². The van der Waals surface area contributed by atoms with Gasteiger partial charge in [-0.1, -0.05) is 109 Å². The van der Waals surface area contributed by atoms with E-state index in [1.54, 1.807) is 7.11 Å². The van der Waals surface area contributed by atoms with Crippen LogP contribution < -0.4 is 0 Å². The van der Waals surface area contributed by atoms with Crippen molar-refractivity contribution >= 4 is 5.97 Å². The first kappa shape index (κ1) is 28.4. The molecule has 0 bridgehead atoms. The van der Waals surface area contributed by atoms with Crippen molar-refractivity contribution in [3.8, 4) is 0 Å². The summed E-state index contributed by atoms with van der Waals surface area (Å²) in [6.45, 7) is 6.71. The van der Waals surface area contributed by atoms with Crippen molar-refractivity contribution in [1.29, 1.82) is 0 Å². The van der Waals surface area contributed by atoms with E-state index in [1.807, 2.05) is 0 Å². The van der Waals surface area contributed by atoms with E-state index in [4.69, 9.17) is 4.74 Å². The number of carbonyl (C=O) groups excluding carboxylic acids is 1. The molecule has 1 heterocycles. The largest absolute Gasteiger partial charge is 0.469 e. The quantitative estimate of drug-likeness (QED) is 0.221. The second-order valence-corrected chi connectivity index (χ2v) is 12.2. The molecule has 1 fully saturated rings. The number of rotatable bonds is 7. The molecule has 216 valence electrons. The maximum atomic E-state index is 13.9. The summed E-state index contributed by atoms with van der Waals surface area (Å²) in [4.78, 5) is 19.0. The van der Waals surface area contributed by atoms with Gasteiger partial charge >= 0.3 is 5.97 Å². The van der Waals surface area contributed by atoms with E-state index in [1.165, 1.54) is 33.4 Å². The number of carbonyl (C=O) groups is 1. The van der Waals surface area contributed by atoms with E-state index in [-0.39, 0.29) is 24.1 Å². The van der Waals surface area contributed by atoms with Crippen LogP contribution in [-0.4, -0.2) is 42.0 Å². The van der Waals surface area contributed by atoms with E-state index >= 15 is 0 Å². The Labute approximate surface area is 250 Å². The smallest absolute Gasteiger partial charge is 0.314 e. The molecule has 4 aromatic carbocycles. The summed E-state index contributed by atoms with van der Waals surface area (Å²) in [6.07, 6.45) is 2.94. The fraction of sp³-hybridized carbons (Fsp3) is 0.342. The van der Waals surface area contributed by atoms with E-state index in [2.05, 4.69) is 133 Å². The molecule has 1 aliphatic heterocycles. The van der Waals surface area contributed by atoms with Gasteiger partial charge in [0.05, 0.1) is 18.6 Å². The third-order valence-corrected chi connectivity index (χ3v) is 9.72. The molecule has 4 heteroatoms. The van der Waals surface area contributed by atoms with Crippen molar-refractivity contribution in [1.82, 2.24) is 9.80 Å². The summed E-state index contributed by atoms with van der Waals surface area (Å²) in [7, 11) is 1.54. The van der Waals surface area contributed by atoms with Gasteiger partial charge in [0.1, 0.15) is 0 Å². The number of hydrogen-bond acceptors (Lipinski definition) is 4. The minimum Gasteiger partial charge on any atom is -0.469 e. The molecule has 4 nitrogen and oxygen atoms in total. The normalized spacial score (nSPS) is 21.7. The maximum Gasteiger partial charge on any atom is 0.314 e. The van der Waals surface area contributed by atoms with Crippen LogP contribution in [0.2, 0.25) is 0 Å². The standard InChI is InChI=1S/C38H42N2O2/c1-28(30-16-8-5-9-17-30)40(26-29-14-6-4-7-15-29)35-24-25-39(27-38(35,2)37(41)42-3)36-33-20-12-10-18-31(33)22-23-32-19-11-13-21-34(32)36/h4-21,28,35-36H,22-27H2,1-3H3/t28-,35-,38+/m1/s1. The van der Waals surface area contributed by atoms with Crippen LogP contribution in [0.1, 0.15) is 65.7 Å². The first-order chi connectivity index (χ1) is 20.5. The van der Waals surface area contributed by atoms with Gasteiger partial charge in [0.25, 0.3) is 0 Å². The number of aryl methyl sites for hydroxylation is 2. The number of methoxy groups -OCH3 is 1. The van der Waals surface area contributed by atoms with E-state index in [9.17, 15) is 4.79 Å². The van der Waals surface area contributed by atoms with Gasteiger partial charge in [0.2, 0.25) is 0 Å². The number of piperidine rings is 1. The fourth-order valence-electron chi connectivity index (χ4n) is 7.52. The Hall–Kier alpha value is -3.73. The summed E-state index contributed by atoms with van der Waals surface area (Å²) in [5.41, 5.74) is 7.34. The molecule has 1 aliphatic carbocycles. The van der Waals surface area contributed by atoms with Gasteiger partial charge in [0.15, 0.2) is 0 Å². The number of ether oxygens (including phenoxy) is 1. The Morgan fingerprint density at radius 3 is 2.00 bits per heavy atom. The van der Waals surface area contributed by atoms with Crippen LogP contribution in [0.25, 0.3) is 0 Å². The lowest BCUT2D eigenvalue weighted by atomic mass is 9.74. The molecule has 0 saturated carbocycles. The van der Waals surface area contributed by atoms with Gasteiger partial charge < -0.3 is 4.74 Å². The topological polar surface area (TPSA) is 32.8 Å². The minimum atomic E-state index is -0.721. The molecule has 0 N–H and O–H groups in total. The molecule has 4 aromatic rings. The molecule has 1 saturated heterocycles. The fourth-order valence-corrected chi connectivity index (χ4v) is 7.52. The lowest BCUT2D eigenvalue weighted by molar-refractivity contribution is -0.163. The zero-order chi connectivity index (χ0) is 29.1. The number of nitrogens with zero attached hydrogens (tertiary/aromatic N) is 2. The summed E-state index contributed by atoms with van der Waals surface area (Å²) < 4.78 is 5.62. The second-order valence-electron chi connectivity index (χ2n) is 12.2. The highest BCUT2D eigenvalue weighted by Crippen LogP contribution is 2.45. The zero-order valence-electron chi connectivity index (χ0n) is 25.1. The monoisotopic (exact) mass is 558 g/mol. The molecule has 0 radical (unpaired) electrons. The summed E-state index contributed by atoms with van der Waals surface area (Å²) >= 11 is 0. The van der Waals surface area contributed by atoms with Crippen LogP contribution in [0, 0.1) is 5.41 Å². The first-order valence-corrected chi connectivity index (χ1v) is 15.3. The van der Waals surface area contributed by atoms with E-state index in [0.717, 1.165) is 32.4 Å². The van der Waals surface area contributed by atoms with Crippen LogP contribution in [-0.2, 0) is 28.9 Å². The van der Waals surface area contributed by atoms with Crippen molar-refractivity contribution in [2.75, 3.05) is 20.2 Å². The van der Waals surface area contributed by atoms with Crippen LogP contribution >= 0.6 is 0 Å². The highest BCUT2D eigenvalue weighted by Gasteiger charge is 2.51. The number of esters is 1. The van der Waals surface area contributed by atoms with Crippen LogP contribution in [0.15, 0.2) is 109 Å².